The van der Waals surface area contributed by atoms with Crippen LogP contribution >= 0.6 is 35.0 Å². The van der Waals surface area contributed by atoms with Gasteiger partial charge < -0.3 is 9.52 Å². The average molecular weight is 411 g/mol. The van der Waals surface area contributed by atoms with E-state index in [9.17, 15) is 4.79 Å². The lowest BCUT2D eigenvalue weighted by molar-refractivity contribution is -0.133. The predicted octanol–water partition coefficient (Wildman–Crippen LogP) is 4.21. The molecule has 1 N–H and O–H groups in total. The number of aromatic nitrogens is 3. The van der Waals surface area contributed by atoms with Gasteiger partial charge in [0, 0.05) is 0 Å². The van der Waals surface area contributed by atoms with Gasteiger partial charge >= 0.3 is 5.97 Å². The molecule has 26 heavy (non-hydrogen) atoms. The van der Waals surface area contributed by atoms with E-state index in [1.807, 2.05) is 0 Å². The Hall–Kier alpha value is -2.29. The molecule has 134 valence electrons. The molecule has 7 nitrogen and oxygen atoms in total. The van der Waals surface area contributed by atoms with Crippen molar-refractivity contribution in [3.05, 3.63) is 51.9 Å². The van der Waals surface area contributed by atoms with Gasteiger partial charge in [-0.2, -0.15) is 9.78 Å². The van der Waals surface area contributed by atoms with Gasteiger partial charge in [-0.25, -0.2) is 0 Å². The lowest BCUT2D eigenvalue weighted by atomic mass is 10.2. The fourth-order valence-electron chi connectivity index (χ4n) is 2.09. The van der Waals surface area contributed by atoms with Crippen LogP contribution in [0.3, 0.4) is 0 Å². The van der Waals surface area contributed by atoms with Gasteiger partial charge in [-0.05, 0) is 30.7 Å². The predicted molar refractivity (Wildman–Crippen MR) is 100 cm³/mol. The van der Waals surface area contributed by atoms with Crippen LogP contribution in [0.2, 0.25) is 10.0 Å². The Bertz CT molecular complexity index is 984. The molecule has 0 aliphatic heterocycles. The van der Waals surface area contributed by atoms with Gasteiger partial charge in [-0.3, -0.25) is 4.79 Å². The molecular weight excluding hydrogens is 399 g/mol. The normalized spacial score (nSPS) is 11.3. The molecule has 0 radical (unpaired) electrons. The summed E-state index contributed by atoms with van der Waals surface area (Å²) in [6.07, 6.45) is 3.10. The molecule has 0 amide bonds. The molecule has 2 heterocycles. The number of rotatable bonds is 6. The van der Waals surface area contributed by atoms with Crippen molar-refractivity contribution < 1.29 is 14.3 Å². The Balaban J connectivity index is 2.00. The zero-order valence-electron chi connectivity index (χ0n) is 13.4. The summed E-state index contributed by atoms with van der Waals surface area (Å²) in [5.74, 6) is -0.0252. The Morgan fingerprint density at radius 1 is 1.35 bits per heavy atom. The third-order valence-electron chi connectivity index (χ3n) is 3.30. The third-order valence-corrected chi connectivity index (χ3v) is 4.95. The van der Waals surface area contributed by atoms with Crippen LogP contribution in [0.4, 0.5) is 0 Å². The van der Waals surface area contributed by atoms with Gasteiger partial charge in [0.1, 0.15) is 5.76 Å². The van der Waals surface area contributed by atoms with Crippen molar-refractivity contribution in [1.82, 2.24) is 14.9 Å². The van der Waals surface area contributed by atoms with Crippen molar-refractivity contribution in [1.29, 1.82) is 0 Å². The highest BCUT2D eigenvalue weighted by Gasteiger charge is 2.18. The standard InChI is InChI=1S/C16H12Cl2N4O3S/c1-9-11(4-5-25-9)15-20-21-16(26-8-14(23)24)22(15)19-7-10-2-3-12(17)13(18)6-10/h2-7H,8H2,1H3,(H,23,24)/b19-7-. The summed E-state index contributed by atoms with van der Waals surface area (Å²) >= 11 is 13.0. The number of hydrogen-bond donors (Lipinski definition) is 1. The van der Waals surface area contributed by atoms with Crippen molar-refractivity contribution in [2.75, 3.05) is 5.75 Å². The molecule has 1 aromatic carbocycles. The number of aryl methyl sites for hydroxylation is 1. The maximum Gasteiger partial charge on any atom is 0.313 e. The zero-order chi connectivity index (χ0) is 18.7. The van der Waals surface area contributed by atoms with Crippen molar-refractivity contribution in [2.45, 2.75) is 12.1 Å². The van der Waals surface area contributed by atoms with Gasteiger partial charge in [-0.1, -0.05) is 41.0 Å². The van der Waals surface area contributed by atoms with E-state index in [4.69, 9.17) is 32.7 Å². The Labute approximate surface area is 162 Å². The summed E-state index contributed by atoms with van der Waals surface area (Å²) in [4.78, 5) is 10.9. The number of halogens is 2. The monoisotopic (exact) mass is 410 g/mol. The van der Waals surface area contributed by atoms with Crippen LogP contribution in [-0.2, 0) is 4.79 Å². The summed E-state index contributed by atoms with van der Waals surface area (Å²) in [5.41, 5.74) is 1.43. The largest absolute Gasteiger partial charge is 0.481 e. The average Bonchev–Trinajstić information content (AvgIpc) is 3.19. The first kappa shape index (κ1) is 18.5. The highest BCUT2D eigenvalue weighted by molar-refractivity contribution is 7.99. The molecule has 0 unspecified atom stereocenters. The fraction of sp³-hybridized carbons (Fsp3) is 0.125. The highest BCUT2D eigenvalue weighted by Crippen LogP contribution is 2.27. The van der Waals surface area contributed by atoms with E-state index >= 15 is 0 Å². The fourth-order valence-corrected chi connectivity index (χ4v) is 3.00. The van der Waals surface area contributed by atoms with Crippen LogP contribution in [0.25, 0.3) is 11.4 Å². The second-order valence-electron chi connectivity index (χ2n) is 5.11. The molecular formula is C16H12Cl2N4O3S. The lowest BCUT2D eigenvalue weighted by Crippen LogP contribution is -2.01. The maximum atomic E-state index is 10.9. The van der Waals surface area contributed by atoms with Crippen molar-refractivity contribution in [3.63, 3.8) is 0 Å². The van der Waals surface area contributed by atoms with Gasteiger partial charge in [0.2, 0.25) is 5.16 Å². The van der Waals surface area contributed by atoms with Crippen molar-refractivity contribution >= 4 is 47.1 Å². The number of carboxylic acids is 1. The van der Waals surface area contributed by atoms with Crippen LogP contribution in [0.1, 0.15) is 11.3 Å². The number of carbonyl (C=O) groups is 1. The first-order valence-electron chi connectivity index (χ1n) is 7.29. The van der Waals surface area contributed by atoms with Crippen LogP contribution in [-0.4, -0.2) is 37.9 Å². The van der Waals surface area contributed by atoms with Gasteiger partial charge in [0.05, 0.1) is 33.8 Å². The minimum atomic E-state index is -0.959. The molecule has 2 aromatic heterocycles. The molecule has 3 rings (SSSR count). The lowest BCUT2D eigenvalue weighted by Gasteiger charge is -2.03. The summed E-state index contributed by atoms with van der Waals surface area (Å²) in [5, 5.41) is 22.7. The molecule has 0 atom stereocenters. The number of nitrogens with zero attached hydrogens (tertiary/aromatic N) is 4. The quantitative estimate of drug-likeness (QED) is 0.483. The molecule has 0 saturated heterocycles. The van der Waals surface area contributed by atoms with E-state index in [0.717, 1.165) is 17.3 Å². The van der Waals surface area contributed by atoms with Crippen molar-refractivity contribution in [3.8, 4) is 11.4 Å². The van der Waals surface area contributed by atoms with Crippen LogP contribution < -0.4 is 0 Å². The maximum absolute atomic E-state index is 10.9. The van der Waals surface area contributed by atoms with E-state index < -0.39 is 5.97 Å². The number of thioether (sulfide) groups is 1. The summed E-state index contributed by atoms with van der Waals surface area (Å²) in [6, 6.07) is 6.84. The topological polar surface area (TPSA) is 93.5 Å². The molecule has 10 heteroatoms. The Kier molecular flexibility index (Phi) is 5.65. The van der Waals surface area contributed by atoms with E-state index in [2.05, 4.69) is 15.3 Å². The number of benzene rings is 1. The zero-order valence-corrected chi connectivity index (χ0v) is 15.7. The van der Waals surface area contributed by atoms with Crippen LogP contribution in [0.15, 0.2) is 45.2 Å². The Morgan fingerprint density at radius 2 is 2.15 bits per heavy atom. The molecule has 0 aliphatic rings. The molecule has 3 aromatic rings. The van der Waals surface area contributed by atoms with Gasteiger partial charge in [0.15, 0.2) is 5.82 Å². The molecule has 0 spiro atoms. The molecule has 0 bridgehead atoms. The first-order valence-corrected chi connectivity index (χ1v) is 9.03. The minimum Gasteiger partial charge on any atom is -0.481 e. The number of carboxylic acid groups (broad SMARTS) is 1. The summed E-state index contributed by atoms with van der Waals surface area (Å²) in [7, 11) is 0. The van der Waals surface area contributed by atoms with E-state index in [-0.39, 0.29) is 5.75 Å². The molecule has 0 fully saturated rings. The molecule has 0 aliphatic carbocycles. The van der Waals surface area contributed by atoms with Crippen molar-refractivity contribution in [2.24, 2.45) is 5.10 Å². The smallest absolute Gasteiger partial charge is 0.313 e. The second kappa shape index (κ2) is 7.94. The first-order chi connectivity index (χ1) is 12.5. The van der Waals surface area contributed by atoms with Gasteiger partial charge in [-0.15, -0.1) is 10.2 Å². The SMILES string of the molecule is Cc1occc1-c1nnc(SCC(=O)O)n1/N=C\c1ccc(Cl)c(Cl)c1. The number of furan rings is 1. The summed E-state index contributed by atoms with van der Waals surface area (Å²) < 4.78 is 6.77. The van der Waals surface area contributed by atoms with E-state index in [1.165, 1.54) is 10.9 Å². The van der Waals surface area contributed by atoms with Crippen LogP contribution in [0, 0.1) is 6.92 Å². The highest BCUT2D eigenvalue weighted by atomic mass is 35.5. The minimum absolute atomic E-state index is 0.162. The van der Waals surface area contributed by atoms with E-state index in [0.29, 0.717) is 32.3 Å². The van der Waals surface area contributed by atoms with Gasteiger partial charge in [0.25, 0.3) is 0 Å². The second-order valence-corrected chi connectivity index (χ2v) is 6.87. The number of aliphatic carboxylic acids is 1. The Morgan fingerprint density at radius 3 is 2.81 bits per heavy atom. The summed E-state index contributed by atoms with van der Waals surface area (Å²) in [6.45, 7) is 1.79. The molecule has 0 saturated carbocycles. The number of hydrogen-bond acceptors (Lipinski definition) is 6. The van der Waals surface area contributed by atoms with E-state index in [1.54, 1.807) is 37.4 Å². The third kappa shape index (κ3) is 4.09. The van der Waals surface area contributed by atoms with Crippen LogP contribution in [0.5, 0.6) is 0 Å².